The summed E-state index contributed by atoms with van der Waals surface area (Å²) in [7, 11) is 0. The normalized spacial score (nSPS) is 40.2. The molecule has 5 heteroatoms. The van der Waals surface area contributed by atoms with Gasteiger partial charge >= 0.3 is 11.9 Å². The summed E-state index contributed by atoms with van der Waals surface area (Å²) in [5.41, 5.74) is 1.17. The molecule has 0 aromatic carbocycles. The van der Waals surface area contributed by atoms with Crippen molar-refractivity contribution in [1.82, 2.24) is 0 Å². The molecule has 0 radical (unpaired) electrons. The number of rotatable bonds is 2. The molecular weight excluding hydrogens is 368 g/mol. The summed E-state index contributed by atoms with van der Waals surface area (Å²) in [6, 6.07) is 2.04. The summed E-state index contributed by atoms with van der Waals surface area (Å²) in [4.78, 5) is 24.3. The van der Waals surface area contributed by atoms with Gasteiger partial charge in [0.2, 0.25) is 0 Å². The van der Waals surface area contributed by atoms with E-state index >= 15 is 0 Å². The van der Waals surface area contributed by atoms with Gasteiger partial charge in [0.25, 0.3) is 0 Å². The molecule has 2 saturated carbocycles. The van der Waals surface area contributed by atoms with Crippen molar-refractivity contribution in [3.05, 3.63) is 23.7 Å². The maximum Gasteiger partial charge on any atom is 0.303 e. The van der Waals surface area contributed by atoms with Crippen LogP contribution < -0.4 is 0 Å². The zero-order valence-corrected chi connectivity index (χ0v) is 18.5. The minimum atomic E-state index is -0.435. The van der Waals surface area contributed by atoms with Gasteiger partial charge in [0.05, 0.1) is 6.26 Å². The second-order valence-electron chi connectivity index (χ2n) is 10.4. The van der Waals surface area contributed by atoms with Gasteiger partial charge in [-0.15, -0.1) is 0 Å². The summed E-state index contributed by atoms with van der Waals surface area (Å²) in [6.45, 7) is 12.0. The Kier molecular flexibility index (Phi) is 4.86. The number of carbonyl (C=O) groups excluding carboxylic acids is 2. The average molecular weight is 403 g/mol. The highest BCUT2D eigenvalue weighted by molar-refractivity contribution is 5.67. The van der Waals surface area contributed by atoms with E-state index in [9.17, 15) is 9.59 Å². The molecule has 3 aliphatic carbocycles. The second kappa shape index (κ2) is 6.88. The third kappa shape index (κ3) is 3.12. The Morgan fingerprint density at radius 3 is 2.38 bits per heavy atom. The highest BCUT2D eigenvalue weighted by Gasteiger charge is 2.65. The van der Waals surface area contributed by atoms with Gasteiger partial charge in [-0.2, -0.15) is 0 Å². The van der Waals surface area contributed by atoms with Crippen molar-refractivity contribution >= 4 is 11.9 Å². The first-order valence-corrected chi connectivity index (χ1v) is 11.0. The van der Waals surface area contributed by atoms with Crippen LogP contribution in [0.4, 0.5) is 0 Å². The molecule has 160 valence electrons. The van der Waals surface area contributed by atoms with Gasteiger partial charge in [0.1, 0.15) is 18.0 Å². The maximum absolute atomic E-state index is 12.2. The fraction of sp³-hybridized carbons (Fsp3) is 0.750. The zero-order valence-electron chi connectivity index (χ0n) is 18.5. The molecule has 0 aliphatic heterocycles. The van der Waals surface area contributed by atoms with E-state index in [1.165, 1.54) is 19.4 Å². The fourth-order valence-corrected chi connectivity index (χ4v) is 7.44. The van der Waals surface area contributed by atoms with Crippen LogP contribution in [0.5, 0.6) is 0 Å². The number of hydrogen-bond acceptors (Lipinski definition) is 5. The Balaban J connectivity index is 1.89. The maximum atomic E-state index is 12.2. The van der Waals surface area contributed by atoms with Gasteiger partial charge in [-0.05, 0) is 47.1 Å². The van der Waals surface area contributed by atoms with Gasteiger partial charge in [-0.25, -0.2) is 0 Å². The molecule has 0 saturated heterocycles. The van der Waals surface area contributed by atoms with Gasteiger partial charge in [0.15, 0.2) is 0 Å². The predicted molar refractivity (Wildman–Crippen MR) is 108 cm³/mol. The molecule has 0 unspecified atom stereocenters. The lowest BCUT2D eigenvalue weighted by atomic mass is 9.42. The van der Waals surface area contributed by atoms with E-state index in [0.717, 1.165) is 31.4 Å². The van der Waals surface area contributed by atoms with Crippen molar-refractivity contribution in [3.8, 4) is 0 Å². The van der Waals surface area contributed by atoms with Crippen molar-refractivity contribution in [3.63, 3.8) is 0 Å². The number of esters is 2. The van der Waals surface area contributed by atoms with E-state index in [0.29, 0.717) is 5.92 Å². The lowest BCUT2D eigenvalue weighted by Crippen LogP contribution is -2.66. The summed E-state index contributed by atoms with van der Waals surface area (Å²) in [5.74, 6) is 1.17. The van der Waals surface area contributed by atoms with Gasteiger partial charge in [-0.1, -0.05) is 34.1 Å². The molecule has 2 fully saturated rings. The van der Waals surface area contributed by atoms with E-state index in [4.69, 9.17) is 13.9 Å². The van der Waals surface area contributed by atoms with Crippen LogP contribution in [-0.4, -0.2) is 24.1 Å². The van der Waals surface area contributed by atoms with Crippen LogP contribution in [0.2, 0.25) is 0 Å². The first kappa shape index (κ1) is 20.5. The highest BCUT2D eigenvalue weighted by Crippen LogP contribution is 2.65. The minimum absolute atomic E-state index is 0.0107. The molecule has 0 bridgehead atoms. The Hall–Kier alpha value is -1.78. The molecule has 1 heterocycles. The molecule has 0 N–H and O–H groups in total. The number of furan rings is 1. The Labute approximate surface area is 173 Å². The number of hydrogen-bond donors (Lipinski definition) is 0. The van der Waals surface area contributed by atoms with E-state index in [1.54, 1.807) is 6.26 Å². The number of ether oxygens (including phenoxy) is 2. The lowest BCUT2D eigenvalue weighted by Gasteiger charge is -2.64. The topological polar surface area (TPSA) is 65.7 Å². The van der Waals surface area contributed by atoms with Gasteiger partial charge < -0.3 is 13.9 Å². The van der Waals surface area contributed by atoms with Crippen molar-refractivity contribution in [2.45, 2.75) is 85.4 Å². The summed E-state index contributed by atoms with van der Waals surface area (Å²) >= 11 is 0. The molecule has 3 aliphatic rings. The Morgan fingerprint density at radius 2 is 1.72 bits per heavy atom. The molecule has 7 atom stereocenters. The van der Waals surface area contributed by atoms with Crippen LogP contribution in [0.3, 0.4) is 0 Å². The van der Waals surface area contributed by atoms with E-state index in [2.05, 4.69) is 27.7 Å². The van der Waals surface area contributed by atoms with E-state index < -0.39 is 12.2 Å². The second-order valence-corrected chi connectivity index (χ2v) is 10.4. The predicted octanol–water partition coefficient (Wildman–Crippen LogP) is 4.88. The molecule has 0 amide bonds. The van der Waals surface area contributed by atoms with E-state index in [1.807, 2.05) is 6.07 Å². The number of carbonyl (C=O) groups is 2. The third-order valence-corrected chi connectivity index (χ3v) is 8.29. The van der Waals surface area contributed by atoms with Crippen LogP contribution in [-0.2, 0) is 25.5 Å². The van der Waals surface area contributed by atoms with Crippen molar-refractivity contribution in [2.75, 3.05) is 0 Å². The van der Waals surface area contributed by atoms with Crippen LogP contribution in [0.1, 0.15) is 78.0 Å². The SMILES string of the molecule is CC(=O)O[C@@H]1[C@H](OC(C)=O)[C@H]2C(C)(C)CCC[C@]2(C)[C@H]2Cc3occc3[C@@H](C)[C@@H]12. The van der Waals surface area contributed by atoms with Crippen LogP contribution in [0.25, 0.3) is 0 Å². The largest absolute Gasteiger partial charge is 0.469 e. The molecule has 0 spiro atoms. The molecule has 1 aromatic rings. The average Bonchev–Trinajstić information content (AvgIpc) is 3.06. The fourth-order valence-electron chi connectivity index (χ4n) is 7.44. The quantitative estimate of drug-likeness (QED) is 0.660. The van der Waals surface area contributed by atoms with Crippen LogP contribution in [0, 0.1) is 28.6 Å². The number of fused-ring (bicyclic) bond motifs is 4. The van der Waals surface area contributed by atoms with Crippen molar-refractivity contribution in [2.24, 2.45) is 28.6 Å². The van der Waals surface area contributed by atoms with Crippen molar-refractivity contribution in [1.29, 1.82) is 0 Å². The van der Waals surface area contributed by atoms with Gasteiger partial charge in [-0.3, -0.25) is 9.59 Å². The zero-order chi connectivity index (χ0) is 21.1. The van der Waals surface area contributed by atoms with Crippen LogP contribution in [0.15, 0.2) is 16.7 Å². The molecular formula is C24H34O5. The smallest absolute Gasteiger partial charge is 0.303 e. The standard InChI is InChI=1S/C24H34O5/c1-13-16-8-11-27-18(16)12-17-19(13)20(28-14(2)25)21(29-15(3)26)22-23(4,5)9-7-10-24(17,22)6/h8,11,13,17,19-22H,7,9-10,12H2,1-6H3/t13-,17+,19-,20+,21+,22+,24-/m1/s1. The van der Waals surface area contributed by atoms with Gasteiger partial charge in [0, 0.05) is 32.1 Å². The first-order valence-electron chi connectivity index (χ1n) is 11.0. The Morgan fingerprint density at radius 1 is 1.07 bits per heavy atom. The summed E-state index contributed by atoms with van der Waals surface area (Å²) in [6.07, 6.45) is 5.10. The molecule has 4 rings (SSSR count). The minimum Gasteiger partial charge on any atom is -0.469 e. The first-order chi connectivity index (χ1) is 13.6. The Bertz CT molecular complexity index is 808. The van der Waals surface area contributed by atoms with E-state index in [-0.39, 0.29) is 40.5 Å². The van der Waals surface area contributed by atoms with Crippen LogP contribution >= 0.6 is 0 Å². The third-order valence-electron chi connectivity index (χ3n) is 8.29. The molecule has 29 heavy (non-hydrogen) atoms. The monoisotopic (exact) mass is 402 g/mol. The highest BCUT2D eigenvalue weighted by atomic mass is 16.6. The van der Waals surface area contributed by atoms with Crippen molar-refractivity contribution < 1.29 is 23.5 Å². The molecule has 5 nitrogen and oxygen atoms in total. The molecule has 1 aromatic heterocycles. The summed E-state index contributed by atoms with van der Waals surface area (Å²) < 4.78 is 17.8. The lowest BCUT2D eigenvalue weighted by molar-refractivity contribution is -0.237. The summed E-state index contributed by atoms with van der Waals surface area (Å²) in [5, 5.41) is 0.